The first-order valence-electron chi connectivity index (χ1n) is 6.39. The number of likely N-dealkylation sites (N-methyl/N-ethyl adjacent to an activating group) is 1. The van der Waals surface area contributed by atoms with Crippen molar-refractivity contribution < 1.29 is 9.90 Å². The third kappa shape index (κ3) is 3.32. The van der Waals surface area contributed by atoms with E-state index in [0.29, 0.717) is 6.04 Å². The van der Waals surface area contributed by atoms with Gasteiger partial charge in [0.05, 0.1) is 0 Å². The van der Waals surface area contributed by atoms with E-state index in [1.54, 1.807) is 12.3 Å². The summed E-state index contributed by atoms with van der Waals surface area (Å²) in [6.45, 7) is 5.04. The summed E-state index contributed by atoms with van der Waals surface area (Å²) in [5.74, 6) is -0.0816. The molecule has 1 unspecified atom stereocenters. The molecular weight excluding hydrogens is 242 g/mol. The predicted octanol–water partition coefficient (Wildman–Crippen LogP) is 1.32. The Hall–Kier alpha value is -1.88. The van der Waals surface area contributed by atoms with E-state index in [-0.39, 0.29) is 0 Å². The second-order valence-corrected chi connectivity index (χ2v) is 4.89. The van der Waals surface area contributed by atoms with Crippen LogP contribution in [0.15, 0.2) is 24.4 Å². The van der Waals surface area contributed by atoms with Crippen LogP contribution >= 0.6 is 0 Å². The molecule has 1 fully saturated rings. The quantitative estimate of drug-likeness (QED) is 0.832. The summed E-state index contributed by atoms with van der Waals surface area (Å²) in [5.41, 5.74) is 0.848. The van der Waals surface area contributed by atoms with E-state index >= 15 is 0 Å². The third-order valence-corrected chi connectivity index (χ3v) is 3.32. The average Bonchev–Trinajstić information content (AvgIpc) is 2.37. The number of carbonyl (C=O) groups is 1. The van der Waals surface area contributed by atoms with Crippen LogP contribution < -0.4 is 4.90 Å². The van der Waals surface area contributed by atoms with E-state index < -0.39 is 5.97 Å². The fraction of sp³-hybridized carbons (Fsp3) is 0.429. The number of nitrogens with zero attached hydrogens (tertiary/aromatic N) is 3. The first-order valence-corrected chi connectivity index (χ1v) is 6.39. The molecule has 0 aliphatic carbocycles. The maximum Gasteiger partial charge on any atom is 0.328 e. The van der Waals surface area contributed by atoms with Gasteiger partial charge in [-0.25, -0.2) is 9.78 Å². The maximum absolute atomic E-state index is 10.6. The highest BCUT2D eigenvalue weighted by molar-refractivity contribution is 5.86. The number of aromatic nitrogens is 1. The van der Waals surface area contributed by atoms with Gasteiger partial charge in [-0.3, -0.25) is 0 Å². The molecule has 2 heterocycles. The molecular formula is C14H19N3O2. The molecule has 5 heteroatoms. The summed E-state index contributed by atoms with van der Waals surface area (Å²) >= 11 is 0. The van der Waals surface area contributed by atoms with Crippen LogP contribution in [0.2, 0.25) is 0 Å². The van der Waals surface area contributed by atoms with Gasteiger partial charge in [0.1, 0.15) is 5.82 Å². The van der Waals surface area contributed by atoms with Gasteiger partial charge in [0.2, 0.25) is 0 Å². The summed E-state index contributed by atoms with van der Waals surface area (Å²) < 4.78 is 0. The van der Waals surface area contributed by atoms with Gasteiger partial charge in [0.15, 0.2) is 0 Å². The molecule has 1 atom stereocenters. The van der Waals surface area contributed by atoms with Crippen molar-refractivity contribution in [3.05, 3.63) is 30.0 Å². The Morgan fingerprint density at radius 3 is 3.00 bits per heavy atom. The van der Waals surface area contributed by atoms with Crippen LogP contribution in [0.4, 0.5) is 5.82 Å². The number of aliphatic carboxylic acids is 1. The van der Waals surface area contributed by atoms with Crippen molar-refractivity contribution in [3.63, 3.8) is 0 Å². The molecule has 19 heavy (non-hydrogen) atoms. The van der Waals surface area contributed by atoms with E-state index in [0.717, 1.165) is 37.1 Å². The lowest BCUT2D eigenvalue weighted by Crippen LogP contribution is -2.51. The molecule has 1 saturated heterocycles. The standard InChI is InChI=1S/C14H19N3O2/c1-11-10-16(2)8-9-17(11)14-12(4-3-7-15-14)5-6-13(18)19/h3-7,11H,8-10H2,1-2H3,(H,18,19)/b6-5+. The Bertz CT molecular complexity index is 487. The van der Waals surface area contributed by atoms with Gasteiger partial charge in [-0.05, 0) is 32.2 Å². The lowest BCUT2D eigenvalue weighted by Gasteiger charge is -2.39. The molecule has 0 radical (unpaired) electrons. The van der Waals surface area contributed by atoms with E-state index in [9.17, 15) is 4.79 Å². The molecule has 0 amide bonds. The Labute approximate surface area is 113 Å². The van der Waals surface area contributed by atoms with Crippen molar-refractivity contribution in [3.8, 4) is 0 Å². The first kappa shape index (κ1) is 13.5. The lowest BCUT2D eigenvalue weighted by atomic mass is 10.1. The molecule has 102 valence electrons. The number of piperazine rings is 1. The maximum atomic E-state index is 10.6. The highest BCUT2D eigenvalue weighted by atomic mass is 16.4. The summed E-state index contributed by atoms with van der Waals surface area (Å²) in [4.78, 5) is 19.6. The predicted molar refractivity (Wildman–Crippen MR) is 75.2 cm³/mol. The molecule has 2 rings (SSSR count). The smallest absolute Gasteiger partial charge is 0.328 e. The van der Waals surface area contributed by atoms with Crippen LogP contribution in [0.3, 0.4) is 0 Å². The minimum Gasteiger partial charge on any atom is -0.478 e. The third-order valence-electron chi connectivity index (χ3n) is 3.32. The normalized spacial score (nSPS) is 20.9. The van der Waals surface area contributed by atoms with Gasteiger partial charge >= 0.3 is 5.97 Å². The monoisotopic (exact) mass is 261 g/mol. The van der Waals surface area contributed by atoms with Gasteiger partial charge < -0.3 is 14.9 Å². The van der Waals surface area contributed by atoms with E-state index in [2.05, 4.69) is 28.8 Å². The van der Waals surface area contributed by atoms with Gasteiger partial charge in [-0.1, -0.05) is 0 Å². The molecule has 1 aliphatic heterocycles. The number of hydrogen-bond donors (Lipinski definition) is 1. The number of carboxylic acid groups (broad SMARTS) is 1. The lowest BCUT2D eigenvalue weighted by molar-refractivity contribution is -0.131. The van der Waals surface area contributed by atoms with E-state index in [4.69, 9.17) is 5.11 Å². The zero-order valence-corrected chi connectivity index (χ0v) is 11.3. The Morgan fingerprint density at radius 2 is 2.32 bits per heavy atom. The Kier molecular flexibility index (Phi) is 4.16. The molecule has 0 bridgehead atoms. The molecule has 1 N–H and O–H groups in total. The Balaban J connectivity index is 2.26. The topological polar surface area (TPSA) is 56.7 Å². The van der Waals surface area contributed by atoms with Gasteiger partial charge in [-0.2, -0.15) is 0 Å². The minimum absolute atomic E-state index is 0.366. The second kappa shape index (κ2) is 5.84. The fourth-order valence-corrected chi connectivity index (χ4v) is 2.39. The van der Waals surface area contributed by atoms with E-state index in [1.807, 2.05) is 12.1 Å². The van der Waals surface area contributed by atoms with Crippen LogP contribution in [0.5, 0.6) is 0 Å². The molecule has 1 aromatic rings. The summed E-state index contributed by atoms with van der Waals surface area (Å²) in [7, 11) is 2.11. The van der Waals surface area contributed by atoms with Crippen molar-refractivity contribution in [2.45, 2.75) is 13.0 Å². The summed E-state index contributed by atoms with van der Waals surface area (Å²) in [6.07, 6.45) is 4.51. The van der Waals surface area contributed by atoms with Crippen molar-refractivity contribution >= 4 is 17.9 Å². The molecule has 0 aromatic carbocycles. The zero-order chi connectivity index (χ0) is 13.8. The average molecular weight is 261 g/mol. The van der Waals surface area contributed by atoms with Gasteiger partial charge in [0.25, 0.3) is 0 Å². The Morgan fingerprint density at radius 1 is 1.53 bits per heavy atom. The number of hydrogen-bond acceptors (Lipinski definition) is 4. The molecule has 5 nitrogen and oxygen atoms in total. The molecule has 0 spiro atoms. The van der Waals surface area contributed by atoms with Crippen molar-refractivity contribution in [1.82, 2.24) is 9.88 Å². The van der Waals surface area contributed by atoms with Crippen molar-refractivity contribution in [2.24, 2.45) is 0 Å². The SMILES string of the molecule is CC1CN(C)CCN1c1ncccc1/C=C/C(=O)O. The van der Waals surface area contributed by atoms with Gasteiger partial charge in [0, 0.05) is 43.5 Å². The summed E-state index contributed by atoms with van der Waals surface area (Å²) in [5, 5.41) is 8.74. The zero-order valence-electron chi connectivity index (χ0n) is 11.3. The number of pyridine rings is 1. The van der Waals surface area contributed by atoms with Crippen molar-refractivity contribution in [1.29, 1.82) is 0 Å². The van der Waals surface area contributed by atoms with Crippen molar-refractivity contribution in [2.75, 3.05) is 31.6 Å². The molecule has 1 aliphatic rings. The number of anilines is 1. The molecule has 0 saturated carbocycles. The molecule has 1 aromatic heterocycles. The van der Waals surface area contributed by atoms with Crippen LogP contribution in [0.25, 0.3) is 6.08 Å². The highest BCUT2D eigenvalue weighted by Crippen LogP contribution is 2.23. The highest BCUT2D eigenvalue weighted by Gasteiger charge is 2.23. The summed E-state index contributed by atoms with van der Waals surface area (Å²) in [6, 6.07) is 4.09. The minimum atomic E-state index is -0.943. The fourth-order valence-electron chi connectivity index (χ4n) is 2.39. The van der Waals surface area contributed by atoms with Crippen LogP contribution in [-0.4, -0.2) is 53.7 Å². The number of rotatable bonds is 3. The van der Waals surface area contributed by atoms with Crippen LogP contribution in [0, 0.1) is 0 Å². The first-order chi connectivity index (χ1) is 9.08. The van der Waals surface area contributed by atoms with Crippen LogP contribution in [0.1, 0.15) is 12.5 Å². The number of carboxylic acids is 1. The van der Waals surface area contributed by atoms with Crippen LogP contribution in [-0.2, 0) is 4.79 Å². The largest absolute Gasteiger partial charge is 0.478 e. The van der Waals surface area contributed by atoms with Gasteiger partial charge in [-0.15, -0.1) is 0 Å². The second-order valence-electron chi connectivity index (χ2n) is 4.89. The van der Waals surface area contributed by atoms with E-state index in [1.165, 1.54) is 0 Å².